The third kappa shape index (κ3) is 5.47. The topological polar surface area (TPSA) is 49.8 Å². The fraction of sp³-hybridized carbons (Fsp3) is 0.625. The van der Waals surface area contributed by atoms with Crippen molar-refractivity contribution < 1.29 is 23.4 Å². The zero-order chi connectivity index (χ0) is 11.0. The highest BCUT2D eigenvalue weighted by molar-refractivity contribution is 5.67. The molecule has 0 unspecified atom stereocenters. The number of hydrogen-bond donors (Lipinski definition) is 1. The maximum absolute atomic E-state index is 11.9. The molecular weight excluding hydrogens is 196 g/mol. The molecular formula is C8H13F2NO3. The highest BCUT2D eigenvalue weighted by atomic mass is 19.3. The predicted octanol–water partition coefficient (Wildman–Crippen LogP) is 0.868. The van der Waals surface area contributed by atoms with Crippen LogP contribution in [0.4, 0.5) is 13.6 Å². The Labute approximate surface area is 80.8 Å². The van der Waals surface area contributed by atoms with E-state index in [0.29, 0.717) is 0 Å². The molecule has 0 aliphatic heterocycles. The number of ether oxygens (including phenoxy) is 1. The van der Waals surface area contributed by atoms with Gasteiger partial charge in [0.2, 0.25) is 0 Å². The number of aliphatic hydroxyl groups is 1. The van der Waals surface area contributed by atoms with E-state index in [1.165, 1.54) is 6.08 Å². The Bertz CT molecular complexity index is 187. The van der Waals surface area contributed by atoms with E-state index in [2.05, 4.69) is 11.3 Å². The largest absolute Gasteiger partial charge is 0.445 e. The number of rotatable bonds is 6. The summed E-state index contributed by atoms with van der Waals surface area (Å²) in [5.41, 5.74) is 0. The zero-order valence-corrected chi connectivity index (χ0v) is 7.66. The average Bonchev–Trinajstić information content (AvgIpc) is 2.13. The summed E-state index contributed by atoms with van der Waals surface area (Å²) in [6.45, 7) is 1.98. The first-order valence-electron chi connectivity index (χ1n) is 4.03. The number of alkyl halides is 2. The van der Waals surface area contributed by atoms with Gasteiger partial charge in [0.25, 0.3) is 6.43 Å². The summed E-state index contributed by atoms with van der Waals surface area (Å²) < 4.78 is 28.4. The molecule has 0 aliphatic rings. The van der Waals surface area contributed by atoms with Crippen LogP contribution in [0.3, 0.4) is 0 Å². The fourth-order valence-corrected chi connectivity index (χ4v) is 0.766. The van der Waals surface area contributed by atoms with Crippen molar-refractivity contribution >= 4 is 6.09 Å². The predicted molar refractivity (Wildman–Crippen MR) is 46.2 cm³/mol. The fourth-order valence-electron chi connectivity index (χ4n) is 0.766. The van der Waals surface area contributed by atoms with Gasteiger partial charge in [-0.05, 0) is 0 Å². The molecule has 0 aromatic rings. The molecule has 0 atom stereocenters. The molecule has 0 aromatic heterocycles. The Balaban J connectivity index is 4.03. The van der Waals surface area contributed by atoms with Gasteiger partial charge >= 0.3 is 6.09 Å². The van der Waals surface area contributed by atoms with Crippen LogP contribution in [-0.2, 0) is 4.74 Å². The van der Waals surface area contributed by atoms with Crippen LogP contribution in [0.25, 0.3) is 0 Å². The quantitative estimate of drug-likeness (QED) is 0.660. The van der Waals surface area contributed by atoms with E-state index in [1.54, 1.807) is 0 Å². The first-order chi connectivity index (χ1) is 6.61. The monoisotopic (exact) mass is 209 g/mol. The minimum absolute atomic E-state index is 0.0377. The van der Waals surface area contributed by atoms with Crippen LogP contribution in [0.5, 0.6) is 0 Å². The molecule has 4 nitrogen and oxygen atoms in total. The van der Waals surface area contributed by atoms with Gasteiger partial charge in [-0.25, -0.2) is 13.6 Å². The molecule has 1 N–H and O–H groups in total. The number of carbonyl (C=O) groups is 1. The maximum Gasteiger partial charge on any atom is 0.410 e. The van der Waals surface area contributed by atoms with Crippen LogP contribution < -0.4 is 0 Å². The van der Waals surface area contributed by atoms with Gasteiger partial charge < -0.3 is 14.7 Å². The average molecular weight is 209 g/mol. The standard InChI is InChI=1S/C8H13F2NO3/c1-2-5-14-8(13)11(3-4-12)6-7(9)10/h2,7,12H,1,3-6H2. The molecule has 0 bridgehead atoms. The minimum Gasteiger partial charge on any atom is -0.445 e. The third-order valence-electron chi connectivity index (χ3n) is 1.31. The maximum atomic E-state index is 11.9. The van der Waals surface area contributed by atoms with Crippen LogP contribution >= 0.6 is 0 Å². The van der Waals surface area contributed by atoms with Crippen molar-refractivity contribution in [3.63, 3.8) is 0 Å². The molecule has 0 fully saturated rings. The summed E-state index contributed by atoms with van der Waals surface area (Å²) in [5.74, 6) is 0. The van der Waals surface area contributed by atoms with Crippen molar-refractivity contribution in [2.75, 3.05) is 26.3 Å². The number of aliphatic hydroxyl groups excluding tert-OH is 1. The Morgan fingerprint density at radius 3 is 2.71 bits per heavy atom. The van der Waals surface area contributed by atoms with E-state index < -0.39 is 19.1 Å². The summed E-state index contributed by atoms with van der Waals surface area (Å²) in [7, 11) is 0. The number of amides is 1. The molecule has 82 valence electrons. The molecule has 0 aromatic carbocycles. The molecule has 6 heteroatoms. The lowest BCUT2D eigenvalue weighted by molar-refractivity contribution is 0.0587. The highest BCUT2D eigenvalue weighted by Gasteiger charge is 2.18. The Morgan fingerprint density at radius 1 is 1.64 bits per heavy atom. The van der Waals surface area contributed by atoms with Gasteiger partial charge in [-0.2, -0.15) is 0 Å². The van der Waals surface area contributed by atoms with Gasteiger partial charge in [-0.3, -0.25) is 0 Å². The molecule has 0 heterocycles. The second kappa shape index (κ2) is 7.25. The van der Waals surface area contributed by atoms with Crippen LogP contribution in [-0.4, -0.2) is 48.8 Å². The summed E-state index contributed by atoms with van der Waals surface area (Å²) in [6, 6.07) is 0. The lowest BCUT2D eigenvalue weighted by Gasteiger charge is -2.19. The van der Waals surface area contributed by atoms with Crippen molar-refractivity contribution in [1.82, 2.24) is 4.90 Å². The summed E-state index contributed by atoms with van der Waals surface area (Å²) in [6.07, 6.45) is -2.19. The Morgan fingerprint density at radius 2 is 2.29 bits per heavy atom. The number of halogens is 2. The van der Waals surface area contributed by atoms with Crippen molar-refractivity contribution in [2.24, 2.45) is 0 Å². The molecule has 0 saturated heterocycles. The first-order valence-corrected chi connectivity index (χ1v) is 4.03. The summed E-state index contributed by atoms with van der Waals surface area (Å²) >= 11 is 0. The van der Waals surface area contributed by atoms with Crippen molar-refractivity contribution in [3.8, 4) is 0 Å². The van der Waals surface area contributed by atoms with Crippen LogP contribution in [0, 0.1) is 0 Å². The third-order valence-corrected chi connectivity index (χ3v) is 1.31. The van der Waals surface area contributed by atoms with Gasteiger partial charge in [-0.1, -0.05) is 12.7 Å². The molecule has 0 spiro atoms. The minimum atomic E-state index is -2.64. The first kappa shape index (κ1) is 12.8. The van der Waals surface area contributed by atoms with Gasteiger partial charge in [0, 0.05) is 6.54 Å². The smallest absolute Gasteiger partial charge is 0.410 e. The van der Waals surface area contributed by atoms with Gasteiger partial charge in [0.05, 0.1) is 13.2 Å². The van der Waals surface area contributed by atoms with E-state index in [0.717, 1.165) is 4.90 Å². The zero-order valence-electron chi connectivity index (χ0n) is 7.66. The number of hydrogen-bond acceptors (Lipinski definition) is 3. The lowest BCUT2D eigenvalue weighted by atomic mass is 10.5. The van der Waals surface area contributed by atoms with Crippen molar-refractivity contribution in [3.05, 3.63) is 12.7 Å². The second-order valence-corrected chi connectivity index (χ2v) is 2.43. The van der Waals surface area contributed by atoms with Crippen molar-refractivity contribution in [2.45, 2.75) is 6.43 Å². The van der Waals surface area contributed by atoms with Crippen molar-refractivity contribution in [1.29, 1.82) is 0 Å². The van der Waals surface area contributed by atoms with Gasteiger partial charge in [0.15, 0.2) is 0 Å². The summed E-state index contributed by atoms with van der Waals surface area (Å²) in [4.78, 5) is 11.8. The Hall–Kier alpha value is -1.17. The highest BCUT2D eigenvalue weighted by Crippen LogP contribution is 2.00. The molecule has 0 rings (SSSR count). The van der Waals surface area contributed by atoms with Crippen LogP contribution in [0.15, 0.2) is 12.7 Å². The van der Waals surface area contributed by atoms with E-state index in [-0.39, 0.29) is 19.8 Å². The second-order valence-electron chi connectivity index (χ2n) is 2.43. The normalized spacial score (nSPS) is 10.0. The van der Waals surface area contributed by atoms with E-state index in [9.17, 15) is 13.6 Å². The molecule has 0 aliphatic carbocycles. The number of carbonyl (C=O) groups excluding carboxylic acids is 1. The molecule has 1 amide bonds. The molecule has 0 radical (unpaired) electrons. The molecule has 14 heavy (non-hydrogen) atoms. The lowest BCUT2D eigenvalue weighted by Crippen LogP contribution is -2.37. The van der Waals surface area contributed by atoms with Gasteiger partial charge in [0.1, 0.15) is 6.61 Å². The molecule has 0 saturated carbocycles. The number of nitrogens with zero attached hydrogens (tertiary/aromatic N) is 1. The Kier molecular flexibility index (Phi) is 6.65. The van der Waals surface area contributed by atoms with Crippen LogP contribution in [0.2, 0.25) is 0 Å². The van der Waals surface area contributed by atoms with E-state index >= 15 is 0 Å². The van der Waals surface area contributed by atoms with E-state index in [1.807, 2.05) is 0 Å². The summed E-state index contributed by atoms with van der Waals surface area (Å²) in [5, 5.41) is 8.51. The SMILES string of the molecule is C=CCOC(=O)N(CCO)CC(F)F. The van der Waals surface area contributed by atoms with Crippen LogP contribution in [0.1, 0.15) is 0 Å². The van der Waals surface area contributed by atoms with E-state index in [4.69, 9.17) is 5.11 Å². The van der Waals surface area contributed by atoms with Gasteiger partial charge in [-0.15, -0.1) is 0 Å².